The largest absolute Gasteiger partial charge is 0.496 e. The molecule has 1 N–H and O–H groups in total. The Morgan fingerprint density at radius 1 is 1.17 bits per heavy atom. The Kier molecular flexibility index (Phi) is 3.57. The smallest absolute Gasteiger partial charge is 0.124 e. The van der Waals surface area contributed by atoms with Crippen LogP contribution in [0.1, 0.15) is 35.1 Å². The van der Waals surface area contributed by atoms with Crippen molar-refractivity contribution in [1.29, 1.82) is 0 Å². The lowest BCUT2D eigenvalue weighted by Gasteiger charge is -2.38. The summed E-state index contributed by atoms with van der Waals surface area (Å²) < 4.78 is 5.60. The summed E-state index contributed by atoms with van der Waals surface area (Å²) in [7, 11) is 1.74. The summed E-state index contributed by atoms with van der Waals surface area (Å²) in [5.41, 5.74) is 4.97. The monoisotopic (exact) mass is 325 g/mol. The lowest BCUT2D eigenvalue weighted by molar-refractivity contribution is 0.381. The van der Waals surface area contributed by atoms with Gasteiger partial charge in [-0.15, -0.1) is 0 Å². The molecule has 0 spiro atoms. The molecule has 1 heterocycles. The highest BCUT2D eigenvalue weighted by Gasteiger charge is 2.39. The maximum atomic E-state index is 6.30. The Morgan fingerprint density at radius 2 is 2.00 bits per heavy atom. The highest BCUT2D eigenvalue weighted by Crippen LogP contribution is 2.52. The van der Waals surface area contributed by atoms with Crippen LogP contribution in [0.4, 0.5) is 5.69 Å². The van der Waals surface area contributed by atoms with Crippen molar-refractivity contribution in [2.24, 2.45) is 5.92 Å². The van der Waals surface area contributed by atoms with E-state index in [-0.39, 0.29) is 6.04 Å². The van der Waals surface area contributed by atoms with Gasteiger partial charge in [0, 0.05) is 22.2 Å². The SMILES string of the molecule is COc1ccccc1[C@@H]1Nc2c(C)cc(Cl)cc2[C@H]2C=CC[C@@H]21. The van der Waals surface area contributed by atoms with Gasteiger partial charge in [-0.1, -0.05) is 42.0 Å². The van der Waals surface area contributed by atoms with Crippen LogP contribution in [0.5, 0.6) is 5.75 Å². The normalized spacial score (nSPS) is 24.7. The van der Waals surface area contributed by atoms with E-state index >= 15 is 0 Å². The molecular formula is C20H20ClNO. The Hall–Kier alpha value is -1.93. The minimum atomic E-state index is 0.249. The molecule has 0 bridgehead atoms. The van der Waals surface area contributed by atoms with Crippen molar-refractivity contribution in [3.63, 3.8) is 0 Å². The zero-order valence-corrected chi connectivity index (χ0v) is 14.1. The van der Waals surface area contributed by atoms with Gasteiger partial charge >= 0.3 is 0 Å². The molecule has 0 unspecified atom stereocenters. The third-order valence-electron chi connectivity index (χ3n) is 5.10. The molecule has 2 aromatic carbocycles. The van der Waals surface area contributed by atoms with E-state index in [1.54, 1.807) is 7.11 Å². The predicted octanol–water partition coefficient (Wildman–Crippen LogP) is 5.48. The highest BCUT2D eigenvalue weighted by atomic mass is 35.5. The van der Waals surface area contributed by atoms with Gasteiger partial charge in [0.15, 0.2) is 0 Å². The number of benzene rings is 2. The number of hydrogen-bond donors (Lipinski definition) is 1. The van der Waals surface area contributed by atoms with Crippen LogP contribution in [-0.4, -0.2) is 7.11 Å². The van der Waals surface area contributed by atoms with Crippen LogP contribution in [0.25, 0.3) is 0 Å². The van der Waals surface area contributed by atoms with Crippen LogP contribution in [0, 0.1) is 12.8 Å². The van der Waals surface area contributed by atoms with E-state index < -0.39 is 0 Å². The van der Waals surface area contributed by atoms with Gasteiger partial charge in [0.25, 0.3) is 0 Å². The van der Waals surface area contributed by atoms with E-state index in [4.69, 9.17) is 16.3 Å². The van der Waals surface area contributed by atoms with Crippen LogP contribution in [0.3, 0.4) is 0 Å². The molecule has 3 atom stereocenters. The average Bonchev–Trinajstić information content (AvgIpc) is 3.04. The molecule has 118 valence electrons. The van der Waals surface area contributed by atoms with Crippen molar-refractivity contribution in [3.05, 3.63) is 70.3 Å². The Morgan fingerprint density at radius 3 is 2.83 bits per heavy atom. The number of methoxy groups -OCH3 is 1. The second-order valence-corrected chi connectivity index (χ2v) is 6.84. The summed E-state index contributed by atoms with van der Waals surface area (Å²) in [6.45, 7) is 2.12. The average molecular weight is 326 g/mol. The molecule has 0 saturated carbocycles. The third-order valence-corrected chi connectivity index (χ3v) is 5.32. The topological polar surface area (TPSA) is 21.3 Å². The molecule has 1 aliphatic carbocycles. The van der Waals surface area contributed by atoms with Crippen molar-refractivity contribution in [2.45, 2.75) is 25.3 Å². The summed E-state index contributed by atoms with van der Waals surface area (Å²) in [6, 6.07) is 12.7. The van der Waals surface area contributed by atoms with Gasteiger partial charge < -0.3 is 10.1 Å². The molecule has 4 rings (SSSR count). The quantitative estimate of drug-likeness (QED) is 0.738. The van der Waals surface area contributed by atoms with E-state index in [9.17, 15) is 0 Å². The Balaban J connectivity index is 1.85. The van der Waals surface area contributed by atoms with Gasteiger partial charge in [0.2, 0.25) is 0 Å². The van der Waals surface area contributed by atoms with Crippen LogP contribution in [0.15, 0.2) is 48.6 Å². The number of allylic oxidation sites excluding steroid dienone is 2. The number of hydrogen-bond acceptors (Lipinski definition) is 2. The van der Waals surface area contributed by atoms with Gasteiger partial charge in [0.1, 0.15) is 5.75 Å². The number of ether oxygens (including phenoxy) is 1. The van der Waals surface area contributed by atoms with Gasteiger partial charge in [-0.3, -0.25) is 0 Å². The fourth-order valence-electron chi connectivity index (χ4n) is 4.07. The molecule has 1 aliphatic heterocycles. The number of rotatable bonds is 2. The summed E-state index contributed by atoms with van der Waals surface area (Å²) in [4.78, 5) is 0. The molecule has 2 aromatic rings. The van der Waals surface area contributed by atoms with E-state index in [1.807, 2.05) is 18.2 Å². The van der Waals surface area contributed by atoms with Crippen LogP contribution in [0.2, 0.25) is 5.02 Å². The second kappa shape index (κ2) is 5.61. The van der Waals surface area contributed by atoms with Crippen LogP contribution < -0.4 is 10.1 Å². The van der Waals surface area contributed by atoms with Gasteiger partial charge in [-0.25, -0.2) is 0 Å². The zero-order chi connectivity index (χ0) is 16.0. The van der Waals surface area contributed by atoms with Crippen LogP contribution >= 0.6 is 11.6 Å². The maximum absolute atomic E-state index is 6.30. The fourth-order valence-corrected chi connectivity index (χ4v) is 4.35. The number of anilines is 1. The summed E-state index contributed by atoms with van der Waals surface area (Å²) in [5, 5.41) is 4.59. The predicted molar refractivity (Wildman–Crippen MR) is 95.5 cm³/mol. The maximum Gasteiger partial charge on any atom is 0.124 e. The van der Waals surface area contributed by atoms with E-state index in [0.717, 1.165) is 17.2 Å². The molecule has 0 aromatic heterocycles. The summed E-state index contributed by atoms with van der Waals surface area (Å²) in [6.07, 6.45) is 5.71. The molecule has 2 aliphatic rings. The second-order valence-electron chi connectivity index (χ2n) is 6.40. The van der Waals surface area contributed by atoms with Crippen LogP contribution in [-0.2, 0) is 0 Å². The molecule has 0 amide bonds. The first-order valence-electron chi connectivity index (χ1n) is 8.05. The highest BCUT2D eigenvalue weighted by molar-refractivity contribution is 6.30. The number of para-hydroxylation sites is 1. The number of fused-ring (bicyclic) bond motifs is 3. The standard InChI is InChI=1S/C20H20ClNO/c1-12-10-13(21)11-17-14-7-5-8-15(14)20(22-19(12)17)16-6-3-4-9-18(16)23-2/h3-7,9-11,14-15,20,22H,8H2,1-2H3/t14-,15-,20+/m0/s1. The zero-order valence-electron chi connectivity index (χ0n) is 13.3. The van der Waals surface area contributed by atoms with Crippen molar-refractivity contribution in [1.82, 2.24) is 0 Å². The summed E-state index contributed by atoms with van der Waals surface area (Å²) in [5.74, 6) is 1.86. The van der Waals surface area contributed by atoms with E-state index in [1.165, 1.54) is 22.4 Å². The molecule has 0 fully saturated rings. The molecule has 23 heavy (non-hydrogen) atoms. The summed E-state index contributed by atoms with van der Waals surface area (Å²) >= 11 is 6.30. The van der Waals surface area contributed by atoms with Gasteiger partial charge in [0.05, 0.1) is 13.2 Å². The van der Waals surface area contributed by atoms with Crippen molar-refractivity contribution >= 4 is 17.3 Å². The molecule has 3 heteroatoms. The number of aryl methyl sites for hydroxylation is 1. The van der Waals surface area contributed by atoms with Crippen molar-refractivity contribution < 1.29 is 4.74 Å². The van der Waals surface area contributed by atoms with E-state index in [0.29, 0.717) is 11.8 Å². The first kappa shape index (κ1) is 14.6. The molecule has 2 nitrogen and oxygen atoms in total. The fraction of sp³-hybridized carbons (Fsp3) is 0.300. The third kappa shape index (κ3) is 2.33. The molecular weight excluding hydrogens is 306 g/mol. The molecule has 0 radical (unpaired) electrons. The lowest BCUT2D eigenvalue weighted by atomic mass is 9.76. The van der Waals surface area contributed by atoms with Crippen molar-refractivity contribution in [2.75, 3.05) is 12.4 Å². The molecule has 0 saturated heterocycles. The first-order chi connectivity index (χ1) is 11.2. The number of halogens is 1. The minimum Gasteiger partial charge on any atom is -0.496 e. The minimum absolute atomic E-state index is 0.249. The van der Waals surface area contributed by atoms with Crippen molar-refractivity contribution in [3.8, 4) is 5.75 Å². The number of nitrogens with one attached hydrogen (secondary N) is 1. The Labute approximate surface area is 142 Å². The van der Waals surface area contributed by atoms with Gasteiger partial charge in [-0.2, -0.15) is 0 Å². The van der Waals surface area contributed by atoms with E-state index in [2.05, 4.69) is 42.6 Å². The first-order valence-corrected chi connectivity index (χ1v) is 8.43. The van der Waals surface area contributed by atoms with Gasteiger partial charge in [-0.05, 0) is 48.6 Å². The Bertz CT molecular complexity index is 783. The lowest BCUT2D eigenvalue weighted by Crippen LogP contribution is -2.29.